The van der Waals surface area contributed by atoms with Crippen LogP contribution in [-0.4, -0.2) is 70.5 Å². The quantitative estimate of drug-likeness (QED) is 0.268. The molecule has 0 saturated carbocycles. The summed E-state index contributed by atoms with van der Waals surface area (Å²) in [6, 6.07) is 22.2. The molecule has 0 aliphatic carbocycles. The number of amides is 2. The molecule has 0 atom stereocenters. The number of para-hydroxylation sites is 1. The van der Waals surface area contributed by atoms with Gasteiger partial charge < -0.3 is 19.9 Å². The number of aromatic nitrogens is 3. The first-order valence-electron chi connectivity index (χ1n) is 13.0. The first-order chi connectivity index (χ1) is 19.9. The summed E-state index contributed by atoms with van der Waals surface area (Å²) in [5.74, 6) is 1.10. The van der Waals surface area contributed by atoms with Gasteiger partial charge in [0.15, 0.2) is 11.0 Å². The maximum Gasteiger partial charge on any atom is 0.251 e. The SMILES string of the molecule is COc1ccc(C(=O)NCc2nnc(SCC(=O)N3CCN(c4ccccc4)CC3)n2-c2ccc(Cl)c(Cl)c2)cc1. The summed E-state index contributed by atoms with van der Waals surface area (Å²) in [6.45, 7) is 2.96. The molecular weight excluding hydrogens is 583 g/mol. The molecule has 0 spiro atoms. The number of anilines is 1. The van der Waals surface area contributed by atoms with Gasteiger partial charge in [0.1, 0.15) is 5.75 Å². The normalized spacial score (nSPS) is 13.2. The fourth-order valence-electron chi connectivity index (χ4n) is 4.47. The number of nitrogens with zero attached hydrogens (tertiary/aromatic N) is 5. The second kappa shape index (κ2) is 13.3. The molecule has 9 nitrogen and oxygen atoms in total. The molecule has 1 aliphatic heterocycles. The van der Waals surface area contributed by atoms with Gasteiger partial charge in [0.2, 0.25) is 5.91 Å². The molecule has 12 heteroatoms. The minimum Gasteiger partial charge on any atom is -0.497 e. The van der Waals surface area contributed by atoms with E-state index in [9.17, 15) is 9.59 Å². The fourth-order valence-corrected chi connectivity index (χ4v) is 5.63. The summed E-state index contributed by atoms with van der Waals surface area (Å²) < 4.78 is 6.94. The van der Waals surface area contributed by atoms with Crippen molar-refractivity contribution >= 4 is 52.5 Å². The number of ether oxygens (including phenoxy) is 1. The third kappa shape index (κ3) is 6.95. The van der Waals surface area contributed by atoms with Crippen molar-refractivity contribution in [2.24, 2.45) is 0 Å². The van der Waals surface area contributed by atoms with Crippen molar-refractivity contribution in [2.75, 3.05) is 43.9 Å². The Morgan fingerprint density at radius 2 is 1.63 bits per heavy atom. The highest BCUT2D eigenvalue weighted by Gasteiger charge is 2.23. The first kappa shape index (κ1) is 28.8. The van der Waals surface area contributed by atoms with Crippen LogP contribution >= 0.6 is 35.0 Å². The lowest BCUT2D eigenvalue weighted by Gasteiger charge is -2.36. The molecule has 1 saturated heterocycles. The third-order valence-corrected chi connectivity index (χ3v) is 8.35. The highest BCUT2D eigenvalue weighted by Crippen LogP contribution is 2.28. The summed E-state index contributed by atoms with van der Waals surface area (Å²) in [7, 11) is 1.57. The number of benzene rings is 3. The fraction of sp³-hybridized carbons (Fsp3) is 0.241. The predicted molar refractivity (Wildman–Crippen MR) is 162 cm³/mol. The Bertz CT molecular complexity index is 1510. The van der Waals surface area contributed by atoms with Crippen LogP contribution in [0.4, 0.5) is 5.69 Å². The molecule has 1 aliphatic rings. The maximum absolute atomic E-state index is 13.1. The Hall–Kier alpha value is -3.73. The zero-order chi connectivity index (χ0) is 28.8. The topological polar surface area (TPSA) is 92.6 Å². The van der Waals surface area contributed by atoms with Gasteiger partial charge in [-0.05, 0) is 54.6 Å². The minimum atomic E-state index is -0.268. The van der Waals surface area contributed by atoms with Gasteiger partial charge in [0, 0.05) is 37.4 Å². The number of rotatable bonds is 9. The van der Waals surface area contributed by atoms with Crippen LogP contribution < -0.4 is 15.0 Å². The number of hydrogen-bond donors (Lipinski definition) is 1. The zero-order valence-electron chi connectivity index (χ0n) is 22.3. The Labute approximate surface area is 252 Å². The first-order valence-corrected chi connectivity index (χ1v) is 14.7. The molecule has 1 N–H and O–H groups in total. The van der Waals surface area contributed by atoms with Crippen LogP contribution in [0, 0.1) is 0 Å². The third-order valence-electron chi connectivity index (χ3n) is 6.70. The van der Waals surface area contributed by atoms with Crippen LogP contribution in [0.25, 0.3) is 5.69 Å². The number of thioether (sulfide) groups is 1. The van der Waals surface area contributed by atoms with E-state index in [0.29, 0.717) is 51.1 Å². The molecule has 1 aromatic heterocycles. The van der Waals surface area contributed by atoms with Crippen LogP contribution in [0.2, 0.25) is 10.0 Å². The standard InChI is InChI=1S/C29H28Cl2N6O3S/c1-40-23-10-7-20(8-11-23)28(39)32-18-26-33-34-29(37(26)22-9-12-24(30)25(31)17-22)41-19-27(38)36-15-13-35(14-16-36)21-5-3-2-4-6-21/h2-12,17H,13-16,18-19H2,1H3,(H,32,39). The summed E-state index contributed by atoms with van der Waals surface area (Å²) in [5, 5.41) is 12.8. The number of hydrogen-bond acceptors (Lipinski definition) is 7. The van der Waals surface area contributed by atoms with E-state index in [1.165, 1.54) is 11.8 Å². The number of nitrogens with one attached hydrogen (secondary N) is 1. The molecule has 1 fully saturated rings. The Morgan fingerprint density at radius 3 is 2.32 bits per heavy atom. The van der Waals surface area contributed by atoms with Crippen molar-refractivity contribution in [2.45, 2.75) is 11.7 Å². The average Bonchev–Trinajstić information content (AvgIpc) is 3.43. The lowest BCUT2D eigenvalue weighted by Crippen LogP contribution is -2.49. The van der Waals surface area contributed by atoms with E-state index in [1.807, 2.05) is 23.1 Å². The highest BCUT2D eigenvalue weighted by atomic mass is 35.5. The number of halogens is 2. The van der Waals surface area contributed by atoms with Gasteiger partial charge in [-0.15, -0.1) is 10.2 Å². The van der Waals surface area contributed by atoms with Crippen LogP contribution in [0.5, 0.6) is 5.75 Å². The van der Waals surface area contributed by atoms with E-state index in [4.69, 9.17) is 27.9 Å². The van der Waals surface area contributed by atoms with E-state index in [2.05, 4.69) is 32.5 Å². The molecule has 0 radical (unpaired) electrons. The van der Waals surface area contributed by atoms with Gasteiger partial charge >= 0.3 is 0 Å². The van der Waals surface area contributed by atoms with Gasteiger partial charge in [0.05, 0.1) is 35.1 Å². The maximum atomic E-state index is 13.1. The zero-order valence-corrected chi connectivity index (χ0v) is 24.6. The van der Waals surface area contributed by atoms with E-state index in [0.717, 1.165) is 18.8 Å². The van der Waals surface area contributed by atoms with E-state index in [1.54, 1.807) is 54.1 Å². The minimum absolute atomic E-state index is 0.0285. The molecule has 5 rings (SSSR count). The largest absolute Gasteiger partial charge is 0.497 e. The van der Waals surface area contributed by atoms with Crippen LogP contribution in [0.3, 0.4) is 0 Å². The predicted octanol–water partition coefficient (Wildman–Crippen LogP) is 4.95. The van der Waals surface area contributed by atoms with Crippen molar-refractivity contribution in [3.05, 3.63) is 94.2 Å². The molecule has 3 aromatic carbocycles. The second-order valence-electron chi connectivity index (χ2n) is 9.24. The van der Waals surface area contributed by atoms with Crippen molar-refractivity contribution in [1.29, 1.82) is 0 Å². The van der Waals surface area contributed by atoms with Crippen molar-refractivity contribution in [1.82, 2.24) is 25.0 Å². The van der Waals surface area contributed by atoms with Crippen molar-refractivity contribution in [3.63, 3.8) is 0 Å². The van der Waals surface area contributed by atoms with Gasteiger partial charge in [-0.25, -0.2) is 0 Å². The van der Waals surface area contributed by atoms with E-state index >= 15 is 0 Å². The highest BCUT2D eigenvalue weighted by molar-refractivity contribution is 7.99. The molecule has 2 heterocycles. The number of carbonyl (C=O) groups excluding carboxylic acids is 2. The smallest absolute Gasteiger partial charge is 0.251 e. The summed E-state index contributed by atoms with van der Waals surface area (Å²) in [6.07, 6.45) is 0. The van der Waals surface area contributed by atoms with Gasteiger partial charge in [-0.2, -0.15) is 0 Å². The number of piperazine rings is 1. The van der Waals surface area contributed by atoms with Gasteiger partial charge in [-0.1, -0.05) is 53.2 Å². The Morgan fingerprint density at radius 1 is 0.902 bits per heavy atom. The van der Waals surface area contributed by atoms with Crippen molar-refractivity contribution in [3.8, 4) is 11.4 Å². The Kier molecular flexibility index (Phi) is 9.33. The number of methoxy groups -OCH3 is 1. The summed E-state index contributed by atoms with van der Waals surface area (Å²) in [5.41, 5.74) is 2.32. The van der Waals surface area contributed by atoms with E-state index < -0.39 is 0 Å². The lowest BCUT2D eigenvalue weighted by molar-refractivity contribution is -0.128. The van der Waals surface area contributed by atoms with Crippen LogP contribution in [0.15, 0.2) is 78.0 Å². The van der Waals surface area contributed by atoms with Crippen molar-refractivity contribution < 1.29 is 14.3 Å². The molecule has 2 amide bonds. The lowest BCUT2D eigenvalue weighted by atomic mass is 10.2. The Balaban J connectivity index is 1.27. The monoisotopic (exact) mass is 610 g/mol. The van der Waals surface area contributed by atoms with Gasteiger partial charge in [0.25, 0.3) is 5.91 Å². The molecule has 41 heavy (non-hydrogen) atoms. The summed E-state index contributed by atoms with van der Waals surface area (Å²) >= 11 is 13.8. The second-order valence-corrected chi connectivity index (χ2v) is 11.0. The molecule has 0 unspecified atom stereocenters. The number of carbonyl (C=O) groups is 2. The average molecular weight is 612 g/mol. The van der Waals surface area contributed by atoms with Crippen LogP contribution in [0.1, 0.15) is 16.2 Å². The summed E-state index contributed by atoms with van der Waals surface area (Å²) in [4.78, 5) is 30.0. The molecule has 0 bridgehead atoms. The molecule has 212 valence electrons. The molecular formula is C29H28Cl2N6O3S. The van der Waals surface area contributed by atoms with E-state index in [-0.39, 0.29) is 24.1 Å². The molecule has 4 aromatic rings. The van der Waals surface area contributed by atoms with Gasteiger partial charge in [-0.3, -0.25) is 14.2 Å². The van der Waals surface area contributed by atoms with Crippen LogP contribution in [-0.2, 0) is 11.3 Å².